The molecule has 0 unspecified atom stereocenters. The highest BCUT2D eigenvalue weighted by Crippen LogP contribution is 2.32. The van der Waals surface area contributed by atoms with E-state index < -0.39 is 0 Å². The van der Waals surface area contributed by atoms with Gasteiger partial charge in [0.2, 0.25) is 0 Å². The van der Waals surface area contributed by atoms with E-state index in [1.807, 2.05) is 37.3 Å². The average molecular weight is 420 g/mol. The molecule has 0 amide bonds. The Hall–Kier alpha value is -3.19. The second kappa shape index (κ2) is 8.67. The third kappa shape index (κ3) is 3.80. The molecule has 1 aromatic heterocycles. The van der Waals surface area contributed by atoms with Gasteiger partial charge in [-0.3, -0.25) is 0 Å². The zero-order valence-corrected chi connectivity index (χ0v) is 18.0. The summed E-state index contributed by atoms with van der Waals surface area (Å²) in [6.07, 6.45) is 0. The van der Waals surface area contributed by atoms with Crippen LogP contribution in [0, 0.1) is 11.8 Å². The maximum atomic E-state index is 12.0. The van der Waals surface area contributed by atoms with E-state index in [1.165, 1.54) is 12.5 Å². The number of hydrogen-bond acceptors (Lipinski definition) is 5. The van der Waals surface area contributed by atoms with E-state index in [1.54, 1.807) is 17.8 Å². The molecule has 0 saturated carbocycles. The minimum Gasteiger partial charge on any atom is -0.302 e. The van der Waals surface area contributed by atoms with Crippen LogP contribution in [-0.4, -0.2) is 26.8 Å². The summed E-state index contributed by atoms with van der Waals surface area (Å²) in [5, 5.41) is 12.1. The zero-order chi connectivity index (χ0) is 21.1. The number of aryl methyl sites for hydroxylation is 1. The van der Waals surface area contributed by atoms with E-state index in [9.17, 15) is 4.91 Å². The Morgan fingerprint density at radius 2 is 1.87 bits per heavy atom. The van der Waals surface area contributed by atoms with Crippen LogP contribution in [-0.2, 0) is 17.1 Å². The summed E-state index contributed by atoms with van der Waals surface area (Å²) >= 11 is 1.56. The lowest BCUT2D eigenvalue weighted by Crippen LogP contribution is -2.03. The molecule has 0 aliphatic rings. The molecule has 0 N–H and O–H groups in total. The SMILES string of the molecule is CCn1c(SCc2cc(C)ccc2[N+](=O)OC)nnc1-c1cccc2ccccc12. The van der Waals surface area contributed by atoms with Gasteiger partial charge in [0.15, 0.2) is 18.1 Å². The number of thioether (sulfide) groups is 1. The number of benzene rings is 3. The first-order chi connectivity index (χ1) is 14.6. The van der Waals surface area contributed by atoms with E-state index in [2.05, 4.69) is 46.0 Å². The predicted molar refractivity (Wildman–Crippen MR) is 120 cm³/mol. The first-order valence-electron chi connectivity index (χ1n) is 9.77. The van der Waals surface area contributed by atoms with Crippen LogP contribution in [0.15, 0.2) is 65.8 Å². The van der Waals surface area contributed by atoms with E-state index >= 15 is 0 Å². The van der Waals surface area contributed by atoms with E-state index in [0.717, 1.165) is 39.6 Å². The molecule has 3 aromatic carbocycles. The Bertz CT molecular complexity index is 1210. The van der Waals surface area contributed by atoms with Crippen LogP contribution in [0.2, 0.25) is 0 Å². The van der Waals surface area contributed by atoms with Crippen LogP contribution in [0.3, 0.4) is 0 Å². The van der Waals surface area contributed by atoms with Crippen molar-refractivity contribution in [2.24, 2.45) is 0 Å². The topological polar surface area (TPSA) is 60.0 Å². The molecule has 6 nitrogen and oxygen atoms in total. The van der Waals surface area contributed by atoms with Crippen molar-refractivity contribution in [2.75, 3.05) is 7.11 Å². The lowest BCUT2D eigenvalue weighted by atomic mass is 10.0. The minimum absolute atomic E-state index is 0.507. The summed E-state index contributed by atoms with van der Waals surface area (Å²) in [7, 11) is 1.37. The normalized spacial score (nSPS) is 11.0. The van der Waals surface area contributed by atoms with Gasteiger partial charge in [-0.2, -0.15) is 0 Å². The number of nitrogens with zero attached hydrogens (tertiary/aromatic N) is 4. The van der Waals surface area contributed by atoms with E-state index in [-0.39, 0.29) is 0 Å². The molecule has 152 valence electrons. The third-order valence-electron chi connectivity index (χ3n) is 5.02. The zero-order valence-electron chi connectivity index (χ0n) is 17.2. The molecule has 1 heterocycles. The van der Waals surface area contributed by atoms with Crippen molar-refractivity contribution in [1.29, 1.82) is 0 Å². The Morgan fingerprint density at radius 1 is 1.07 bits per heavy atom. The highest BCUT2D eigenvalue weighted by molar-refractivity contribution is 7.98. The van der Waals surface area contributed by atoms with Gasteiger partial charge in [0.1, 0.15) is 0 Å². The fourth-order valence-electron chi connectivity index (χ4n) is 3.55. The van der Waals surface area contributed by atoms with Crippen molar-refractivity contribution in [1.82, 2.24) is 14.8 Å². The lowest BCUT2D eigenvalue weighted by Gasteiger charge is -2.10. The van der Waals surface area contributed by atoms with Crippen LogP contribution in [0.25, 0.3) is 22.2 Å². The van der Waals surface area contributed by atoms with Gasteiger partial charge in [-0.05, 0) is 30.7 Å². The molecule has 30 heavy (non-hydrogen) atoms. The van der Waals surface area contributed by atoms with E-state index in [0.29, 0.717) is 16.4 Å². The molecule has 0 saturated heterocycles. The van der Waals surface area contributed by atoms with Crippen LogP contribution in [0.1, 0.15) is 18.1 Å². The predicted octanol–water partition coefficient (Wildman–Crippen LogP) is 5.69. The molecular formula is C23H23N4O2S+. The largest absolute Gasteiger partial charge is 0.320 e. The van der Waals surface area contributed by atoms with Crippen molar-refractivity contribution in [3.05, 3.63) is 76.7 Å². The maximum Gasteiger partial charge on any atom is 0.320 e. The quantitative estimate of drug-likeness (QED) is 0.284. The molecule has 0 aliphatic heterocycles. The van der Waals surface area contributed by atoms with Gasteiger partial charge in [-0.1, -0.05) is 65.9 Å². The molecule has 7 heteroatoms. The average Bonchev–Trinajstić information content (AvgIpc) is 3.19. The Morgan fingerprint density at radius 3 is 2.67 bits per heavy atom. The van der Waals surface area contributed by atoms with Gasteiger partial charge >= 0.3 is 5.69 Å². The van der Waals surface area contributed by atoms with E-state index in [4.69, 9.17) is 4.84 Å². The molecule has 4 rings (SSSR count). The fraction of sp³-hybridized carbons (Fsp3) is 0.217. The van der Waals surface area contributed by atoms with Crippen molar-refractivity contribution < 1.29 is 9.76 Å². The van der Waals surface area contributed by atoms with Gasteiger partial charge in [0, 0.05) is 29.5 Å². The van der Waals surface area contributed by atoms with Crippen LogP contribution in [0.4, 0.5) is 5.69 Å². The summed E-state index contributed by atoms with van der Waals surface area (Å²) in [5.74, 6) is 1.44. The number of hydrogen-bond donors (Lipinski definition) is 0. The van der Waals surface area contributed by atoms with Gasteiger partial charge in [0.05, 0.1) is 4.91 Å². The first-order valence-corrected chi connectivity index (χ1v) is 10.8. The number of aromatic nitrogens is 3. The standard InChI is InChI=1S/C23H23N4O2S/c1-4-26-22(20-11-7-9-17-8-5-6-10-19(17)20)24-25-23(26)30-15-18-14-16(2)12-13-21(18)27(28)29-3/h5-14H,4,15H2,1-3H3/q+1. The minimum atomic E-state index is 0.507. The third-order valence-corrected chi connectivity index (χ3v) is 6.03. The van der Waals surface area contributed by atoms with Gasteiger partial charge in [0.25, 0.3) is 4.92 Å². The van der Waals surface area contributed by atoms with Crippen LogP contribution in [0.5, 0.6) is 0 Å². The molecule has 4 aromatic rings. The number of fused-ring (bicyclic) bond motifs is 1. The molecule has 0 bridgehead atoms. The maximum absolute atomic E-state index is 12.0. The highest BCUT2D eigenvalue weighted by Gasteiger charge is 2.22. The Labute approximate surface area is 179 Å². The van der Waals surface area contributed by atoms with Gasteiger partial charge in [-0.25, -0.2) is 4.84 Å². The first kappa shape index (κ1) is 20.1. The van der Waals surface area contributed by atoms with Crippen molar-refractivity contribution in [3.63, 3.8) is 0 Å². The summed E-state index contributed by atoms with van der Waals surface area (Å²) in [4.78, 5) is 17.4. The highest BCUT2D eigenvalue weighted by atomic mass is 32.2. The summed E-state index contributed by atoms with van der Waals surface area (Å²) in [6.45, 7) is 4.85. The van der Waals surface area contributed by atoms with Crippen molar-refractivity contribution >= 4 is 28.2 Å². The second-order valence-corrected chi connectivity index (χ2v) is 7.88. The monoisotopic (exact) mass is 419 g/mol. The van der Waals surface area contributed by atoms with Gasteiger partial charge < -0.3 is 4.57 Å². The van der Waals surface area contributed by atoms with Crippen LogP contribution >= 0.6 is 11.8 Å². The Balaban J connectivity index is 1.68. The Kier molecular flexibility index (Phi) is 5.81. The van der Waals surface area contributed by atoms with Crippen molar-refractivity contribution in [2.45, 2.75) is 31.3 Å². The molecular weight excluding hydrogens is 396 g/mol. The summed E-state index contributed by atoms with van der Waals surface area (Å²) in [5.41, 5.74) is 3.56. The van der Waals surface area contributed by atoms with Crippen molar-refractivity contribution in [3.8, 4) is 11.4 Å². The lowest BCUT2D eigenvalue weighted by molar-refractivity contribution is -0.737. The second-order valence-electron chi connectivity index (χ2n) is 6.94. The fourth-order valence-corrected chi connectivity index (χ4v) is 4.53. The smallest absolute Gasteiger partial charge is 0.302 e. The molecule has 0 radical (unpaired) electrons. The summed E-state index contributed by atoms with van der Waals surface area (Å²) in [6, 6.07) is 20.2. The van der Waals surface area contributed by atoms with Crippen LogP contribution < -0.4 is 0 Å². The van der Waals surface area contributed by atoms with Gasteiger partial charge in [-0.15, -0.1) is 10.2 Å². The molecule has 0 spiro atoms. The molecule has 0 aliphatic carbocycles. The summed E-state index contributed by atoms with van der Waals surface area (Å²) < 4.78 is 2.12. The number of rotatable bonds is 7. The molecule has 0 fully saturated rings. The molecule has 0 atom stereocenters.